The second kappa shape index (κ2) is 18.9. The number of rotatable bonds is 17. The number of nitrogens with one attached hydrogen (secondary N) is 4. The lowest BCUT2D eigenvalue weighted by Gasteiger charge is -2.31. The van der Waals surface area contributed by atoms with Crippen LogP contribution in [0.1, 0.15) is 71.9 Å². The molecule has 11 heteroatoms. The predicted octanol–water partition coefficient (Wildman–Crippen LogP) is 3.22. The summed E-state index contributed by atoms with van der Waals surface area (Å²) in [7, 11) is 0. The fourth-order valence-electron chi connectivity index (χ4n) is 4.95. The molecule has 46 heavy (non-hydrogen) atoms. The summed E-state index contributed by atoms with van der Waals surface area (Å²) in [5.74, 6) is -2.00. The highest BCUT2D eigenvalue weighted by Gasteiger charge is 2.35. The molecule has 0 heterocycles. The minimum absolute atomic E-state index is 0.00574. The van der Waals surface area contributed by atoms with Gasteiger partial charge in [-0.2, -0.15) is 0 Å². The molecule has 2 aromatic rings. The van der Waals surface area contributed by atoms with Gasteiger partial charge in [0.15, 0.2) is 0 Å². The highest BCUT2D eigenvalue weighted by atomic mass is 16.5. The highest BCUT2D eigenvalue weighted by Crippen LogP contribution is 2.29. The van der Waals surface area contributed by atoms with E-state index in [1.165, 1.54) is 6.92 Å². The van der Waals surface area contributed by atoms with Crippen LogP contribution in [0.3, 0.4) is 0 Å². The Bertz CT molecular complexity index is 1230. The number of benzene rings is 2. The summed E-state index contributed by atoms with van der Waals surface area (Å²) in [6, 6.07) is 15.9. The van der Waals surface area contributed by atoms with E-state index in [1.807, 2.05) is 71.0 Å². The summed E-state index contributed by atoms with van der Waals surface area (Å²) >= 11 is 0. The Morgan fingerprint density at radius 3 is 1.89 bits per heavy atom. The van der Waals surface area contributed by atoms with Crippen LogP contribution >= 0.6 is 0 Å². The molecule has 0 spiro atoms. The van der Waals surface area contributed by atoms with Gasteiger partial charge in [0.05, 0.1) is 24.2 Å². The molecule has 6 N–H and O–H groups in total. The van der Waals surface area contributed by atoms with Crippen LogP contribution in [0.5, 0.6) is 0 Å². The van der Waals surface area contributed by atoms with Crippen LogP contribution in [0, 0.1) is 11.3 Å². The Labute approximate surface area is 272 Å². The van der Waals surface area contributed by atoms with E-state index in [0.717, 1.165) is 24.0 Å². The van der Waals surface area contributed by atoms with Crippen molar-refractivity contribution in [3.05, 3.63) is 71.8 Å². The third-order valence-electron chi connectivity index (χ3n) is 7.93. The Morgan fingerprint density at radius 2 is 1.37 bits per heavy atom. The van der Waals surface area contributed by atoms with Gasteiger partial charge in [-0.1, -0.05) is 95.3 Å². The van der Waals surface area contributed by atoms with Crippen molar-refractivity contribution in [2.75, 3.05) is 6.54 Å². The first kappa shape index (κ1) is 38.2. The summed E-state index contributed by atoms with van der Waals surface area (Å²) in [6.45, 7) is 10.8. The first-order chi connectivity index (χ1) is 21.7. The third kappa shape index (κ3) is 13.2. The second-order valence-corrected chi connectivity index (χ2v) is 12.7. The average Bonchev–Trinajstić information content (AvgIpc) is 3.02. The van der Waals surface area contributed by atoms with Gasteiger partial charge in [0.25, 0.3) is 0 Å². The molecule has 0 saturated heterocycles. The minimum atomic E-state index is -1.37. The molecule has 254 valence electrons. The van der Waals surface area contributed by atoms with Crippen LogP contribution in [0.15, 0.2) is 60.7 Å². The van der Waals surface area contributed by atoms with Gasteiger partial charge in [-0.25, -0.2) is 4.79 Å². The van der Waals surface area contributed by atoms with Crippen molar-refractivity contribution in [2.45, 2.75) is 104 Å². The topological polar surface area (TPSA) is 166 Å². The van der Waals surface area contributed by atoms with Crippen LogP contribution in [0.2, 0.25) is 0 Å². The largest absolute Gasteiger partial charge is 0.445 e. The van der Waals surface area contributed by atoms with E-state index in [9.17, 15) is 29.4 Å². The van der Waals surface area contributed by atoms with Crippen molar-refractivity contribution in [1.29, 1.82) is 0 Å². The van der Waals surface area contributed by atoms with E-state index < -0.39 is 47.6 Å². The zero-order valence-corrected chi connectivity index (χ0v) is 27.9. The van der Waals surface area contributed by atoms with Gasteiger partial charge in [0.1, 0.15) is 12.6 Å². The smallest absolute Gasteiger partial charge is 0.408 e. The van der Waals surface area contributed by atoms with Crippen molar-refractivity contribution >= 4 is 23.8 Å². The number of carbonyl (C=O) groups excluding carboxylic acids is 4. The Kier molecular flexibility index (Phi) is 15.7. The van der Waals surface area contributed by atoms with E-state index >= 15 is 0 Å². The molecule has 5 atom stereocenters. The van der Waals surface area contributed by atoms with E-state index in [0.29, 0.717) is 0 Å². The zero-order valence-electron chi connectivity index (χ0n) is 27.9. The van der Waals surface area contributed by atoms with Crippen LogP contribution in [0.4, 0.5) is 4.79 Å². The molecule has 0 aliphatic carbocycles. The molecule has 0 bridgehead atoms. The SMILES string of the molecule is CCC(CC)NC(=O)C[C@@H](C(=O)NC[C@@H](O)[C@H](Cc1ccccc1)NC(=O)[C@@H](NC(=O)OCc1ccccc1)[C@H](C)O)C(C)(C)C. The predicted molar refractivity (Wildman–Crippen MR) is 176 cm³/mol. The third-order valence-corrected chi connectivity index (χ3v) is 7.93. The lowest BCUT2D eigenvalue weighted by atomic mass is 9.78. The maximum atomic E-state index is 13.4. The van der Waals surface area contributed by atoms with Crippen LogP contribution in [0.25, 0.3) is 0 Å². The molecule has 0 unspecified atom stereocenters. The molecule has 2 aromatic carbocycles. The quantitative estimate of drug-likeness (QED) is 0.154. The summed E-state index contributed by atoms with van der Waals surface area (Å²) in [5.41, 5.74) is 1.03. The fourth-order valence-corrected chi connectivity index (χ4v) is 4.95. The van der Waals surface area contributed by atoms with Crippen LogP contribution < -0.4 is 21.3 Å². The van der Waals surface area contributed by atoms with Gasteiger partial charge in [-0.05, 0) is 42.7 Å². The number of carbonyl (C=O) groups is 4. The van der Waals surface area contributed by atoms with Crippen LogP contribution in [-0.4, -0.2) is 70.9 Å². The van der Waals surface area contributed by atoms with Crippen molar-refractivity contribution in [1.82, 2.24) is 21.3 Å². The van der Waals surface area contributed by atoms with Crippen molar-refractivity contribution in [2.24, 2.45) is 11.3 Å². The van der Waals surface area contributed by atoms with E-state index in [4.69, 9.17) is 4.74 Å². The molecule has 0 aromatic heterocycles. The van der Waals surface area contributed by atoms with Gasteiger partial charge in [0.2, 0.25) is 17.7 Å². The molecular weight excluding hydrogens is 588 g/mol. The van der Waals surface area contributed by atoms with Gasteiger partial charge in [0, 0.05) is 19.0 Å². The first-order valence-electron chi connectivity index (χ1n) is 16.0. The summed E-state index contributed by atoms with van der Waals surface area (Å²) in [4.78, 5) is 52.0. The van der Waals surface area contributed by atoms with E-state index in [-0.39, 0.29) is 43.8 Å². The van der Waals surface area contributed by atoms with Gasteiger partial charge < -0.3 is 36.2 Å². The number of hydrogen-bond donors (Lipinski definition) is 6. The Balaban J connectivity index is 2.12. The van der Waals surface area contributed by atoms with Crippen LogP contribution in [-0.2, 0) is 32.1 Å². The number of hydrogen-bond acceptors (Lipinski definition) is 7. The second-order valence-electron chi connectivity index (χ2n) is 12.7. The Hall–Kier alpha value is -3.96. The van der Waals surface area contributed by atoms with Gasteiger partial charge in [-0.3, -0.25) is 14.4 Å². The normalized spacial score (nSPS) is 14.7. The number of amides is 4. The maximum absolute atomic E-state index is 13.4. The number of aliphatic hydroxyl groups excluding tert-OH is 2. The molecule has 2 rings (SSSR count). The highest BCUT2D eigenvalue weighted by molar-refractivity contribution is 5.87. The van der Waals surface area contributed by atoms with Gasteiger partial charge >= 0.3 is 6.09 Å². The number of aliphatic hydroxyl groups is 2. The number of alkyl carbamates (subject to hydrolysis) is 1. The van der Waals surface area contributed by atoms with E-state index in [2.05, 4.69) is 21.3 Å². The monoisotopic (exact) mass is 640 g/mol. The standard InChI is InChI=1S/C35H52N4O7/c1-7-26(8-2)37-30(42)20-27(35(4,5)6)32(43)36-21-29(41)28(19-24-15-11-9-12-16-24)38-33(44)31(23(3)40)39-34(45)46-22-25-17-13-10-14-18-25/h9-18,23,26-29,31,40-41H,7-8,19-22H2,1-6H3,(H,36,43)(H,37,42)(H,38,44)(H,39,45)/t23-,27-,28-,29+,31-/m0/s1. The molecule has 0 radical (unpaired) electrons. The molecule has 11 nitrogen and oxygen atoms in total. The summed E-state index contributed by atoms with van der Waals surface area (Å²) < 4.78 is 5.22. The minimum Gasteiger partial charge on any atom is -0.445 e. The first-order valence-corrected chi connectivity index (χ1v) is 16.0. The maximum Gasteiger partial charge on any atom is 0.408 e. The molecule has 0 fully saturated rings. The lowest BCUT2D eigenvalue weighted by Crippen LogP contribution is -2.58. The number of ether oxygens (including phenoxy) is 1. The van der Waals surface area contributed by atoms with Crippen molar-refractivity contribution in [3.8, 4) is 0 Å². The molecule has 0 aliphatic rings. The van der Waals surface area contributed by atoms with Crippen molar-refractivity contribution < 1.29 is 34.1 Å². The molecule has 4 amide bonds. The zero-order chi connectivity index (χ0) is 34.3. The lowest BCUT2D eigenvalue weighted by molar-refractivity contribution is -0.134. The van der Waals surface area contributed by atoms with E-state index in [1.54, 1.807) is 24.3 Å². The van der Waals surface area contributed by atoms with Gasteiger partial charge in [-0.15, -0.1) is 0 Å². The molecule has 0 aliphatic heterocycles. The van der Waals surface area contributed by atoms with Crippen molar-refractivity contribution in [3.63, 3.8) is 0 Å². The Morgan fingerprint density at radius 1 is 0.804 bits per heavy atom. The molecule has 0 saturated carbocycles. The fraction of sp³-hybridized carbons (Fsp3) is 0.543. The summed E-state index contributed by atoms with van der Waals surface area (Å²) in [5, 5.41) is 32.5. The average molecular weight is 641 g/mol. The summed E-state index contributed by atoms with van der Waals surface area (Å²) in [6.07, 6.45) is -1.64. The molecular formula is C35H52N4O7.